The molecule has 2 atom stereocenters. The summed E-state index contributed by atoms with van der Waals surface area (Å²) < 4.78 is 17.1. The number of benzene rings is 3. The highest BCUT2D eigenvalue weighted by Crippen LogP contribution is 2.27. The molecule has 10 nitrogen and oxygen atoms in total. The van der Waals surface area contributed by atoms with Crippen molar-refractivity contribution < 1.29 is 28.6 Å². The van der Waals surface area contributed by atoms with Crippen molar-refractivity contribution in [3.63, 3.8) is 0 Å². The molecule has 1 heterocycles. The number of hydrogen-bond acceptors (Lipinski definition) is 8. The number of hydrogen-bond donors (Lipinski definition) is 2. The van der Waals surface area contributed by atoms with Crippen molar-refractivity contribution in [3.05, 3.63) is 102 Å². The van der Waals surface area contributed by atoms with Crippen LogP contribution < -0.4 is 16.4 Å². The van der Waals surface area contributed by atoms with Crippen molar-refractivity contribution in [2.24, 2.45) is 16.6 Å². The molecule has 0 spiro atoms. The predicted octanol–water partition coefficient (Wildman–Crippen LogP) is 4.76. The molecule has 1 aliphatic rings. The minimum absolute atomic E-state index is 0.124. The van der Waals surface area contributed by atoms with Gasteiger partial charge in [-0.25, -0.2) is 15.5 Å². The zero-order chi connectivity index (χ0) is 30.8. The Morgan fingerprint density at radius 2 is 1.56 bits per heavy atom. The van der Waals surface area contributed by atoms with Gasteiger partial charge in [0.05, 0.1) is 6.04 Å². The highest BCUT2D eigenvalue weighted by molar-refractivity contribution is 5.97. The largest absolute Gasteiger partial charge is 0.490 e. The lowest BCUT2D eigenvalue weighted by molar-refractivity contribution is -0.163. The molecule has 0 aromatic heterocycles. The number of rotatable bonds is 10. The maximum Gasteiger partial charge on any atom is 0.410 e. The van der Waals surface area contributed by atoms with Crippen LogP contribution in [0.1, 0.15) is 56.4 Å². The van der Waals surface area contributed by atoms with Gasteiger partial charge in [-0.3, -0.25) is 9.83 Å². The third kappa shape index (κ3) is 9.29. The van der Waals surface area contributed by atoms with E-state index in [4.69, 9.17) is 30.7 Å². The second-order valence-corrected chi connectivity index (χ2v) is 11.3. The molecule has 43 heavy (non-hydrogen) atoms. The highest BCUT2D eigenvalue weighted by Gasteiger charge is 2.28. The number of esters is 1. The van der Waals surface area contributed by atoms with Crippen LogP contribution in [-0.4, -0.2) is 60.2 Å². The zero-order valence-electron chi connectivity index (χ0n) is 24.8. The Labute approximate surface area is 252 Å². The third-order valence-corrected chi connectivity index (χ3v) is 6.79. The van der Waals surface area contributed by atoms with Crippen LogP contribution in [0.5, 0.6) is 5.75 Å². The fourth-order valence-electron chi connectivity index (χ4n) is 4.66. The summed E-state index contributed by atoms with van der Waals surface area (Å²) in [4.78, 5) is 36.8. The summed E-state index contributed by atoms with van der Waals surface area (Å²) in [6, 6.07) is 25.8. The Kier molecular flexibility index (Phi) is 10.7. The molecule has 4 N–H and O–H groups in total. The first-order valence-electron chi connectivity index (χ1n) is 14.3. The molecule has 0 bridgehead atoms. The van der Waals surface area contributed by atoms with Crippen molar-refractivity contribution in [3.8, 4) is 5.75 Å². The first-order valence-corrected chi connectivity index (χ1v) is 14.3. The van der Waals surface area contributed by atoms with Gasteiger partial charge in [-0.15, -0.1) is 0 Å². The van der Waals surface area contributed by atoms with Crippen molar-refractivity contribution in [2.45, 2.75) is 57.5 Å². The van der Waals surface area contributed by atoms with Gasteiger partial charge in [-0.1, -0.05) is 60.7 Å². The molecule has 1 fully saturated rings. The number of aliphatic imine (C=N–C) groups is 1. The molecule has 228 valence electrons. The van der Waals surface area contributed by atoms with E-state index in [9.17, 15) is 9.59 Å². The summed E-state index contributed by atoms with van der Waals surface area (Å²) in [5, 5.41) is 0. The molecule has 0 saturated carbocycles. The normalized spacial score (nSPS) is 16.4. The number of likely N-dealkylation sites (tertiary alicyclic amines) is 1. The second kappa shape index (κ2) is 14.7. The Balaban J connectivity index is 1.34. The monoisotopic (exact) mass is 588 g/mol. The van der Waals surface area contributed by atoms with E-state index in [2.05, 4.69) is 4.99 Å². The van der Waals surface area contributed by atoms with Gasteiger partial charge in [0.2, 0.25) is 6.10 Å². The average molecular weight is 589 g/mol. The lowest BCUT2D eigenvalue weighted by Crippen LogP contribution is -2.44. The van der Waals surface area contributed by atoms with Crippen LogP contribution in [0, 0.1) is 0 Å². The summed E-state index contributed by atoms with van der Waals surface area (Å²) in [5.74, 6) is 5.66. The molecular formula is C33H40N4O6. The van der Waals surface area contributed by atoms with Gasteiger partial charge >= 0.3 is 12.1 Å². The molecule has 0 aliphatic carbocycles. The van der Waals surface area contributed by atoms with Gasteiger partial charge in [0.15, 0.2) is 6.10 Å². The number of amidine groups is 1. The van der Waals surface area contributed by atoms with E-state index in [1.165, 1.54) is 0 Å². The third-order valence-electron chi connectivity index (χ3n) is 6.79. The molecule has 0 radical (unpaired) electrons. The van der Waals surface area contributed by atoms with E-state index in [-0.39, 0.29) is 18.7 Å². The van der Waals surface area contributed by atoms with Crippen LogP contribution in [0.15, 0.2) is 89.9 Å². The Hall–Kier alpha value is -4.41. The number of piperidine rings is 1. The van der Waals surface area contributed by atoms with Crippen molar-refractivity contribution in [2.75, 3.05) is 19.7 Å². The topological polar surface area (TPSA) is 139 Å². The van der Waals surface area contributed by atoms with Crippen LogP contribution in [-0.2, 0) is 19.1 Å². The van der Waals surface area contributed by atoms with Gasteiger partial charge < -0.3 is 24.8 Å². The maximum absolute atomic E-state index is 13.0. The average Bonchev–Trinajstić information content (AvgIpc) is 3.00. The Bertz CT molecular complexity index is 1320. The smallest absolute Gasteiger partial charge is 0.410 e. The number of amides is 1. The highest BCUT2D eigenvalue weighted by atomic mass is 16.7. The summed E-state index contributed by atoms with van der Waals surface area (Å²) in [7, 11) is 0. The van der Waals surface area contributed by atoms with Crippen molar-refractivity contribution in [1.29, 1.82) is 0 Å². The molecule has 3 aromatic rings. The van der Waals surface area contributed by atoms with E-state index < -0.39 is 23.8 Å². The number of nitrogens with two attached hydrogens (primary N) is 2. The van der Waals surface area contributed by atoms with E-state index in [0.29, 0.717) is 30.2 Å². The first-order chi connectivity index (χ1) is 20.6. The number of carbonyl (C=O) groups is 2. The second-order valence-electron chi connectivity index (χ2n) is 11.3. The molecule has 2 unspecified atom stereocenters. The molecule has 3 aromatic carbocycles. The summed E-state index contributed by atoms with van der Waals surface area (Å²) in [6.07, 6.45) is -0.480. The standard InChI is InChI=1S/C33H40N4O6/c1-33(2,3)42-32(39)37-20-10-15-26(21-37)36-30(34)25-16-18-27(19-17-25)40-22-28(43-35)31(38)41-29(23-11-6-4-7-12-23)24-13-8-5-9-14-24/h4-9,11-14,16-19,26,28-29H,10,15,20-22,35H2,1-3H3,(H2,34,36). The van der Waals surface area contributed by atoms with Gasteiger partial charge in [0.1, 0.15) is 23.8 Å². The summed E-state index contributed by atoms with van der Waals surface area (Å²) in [5.41, 5.74) is 8.09. The molecule has 1 aliphatic heterocycles. The van der Waals surface area contributed by atoms with E-state index >= 15 is 0 Å². The van der Waals surface area contributed by atoms with Gasteiger partial charge in [-0.2, -0.15) is 0 Å². The van der Waals surface area contributed by atoms with Crippen LogP contribution in [0.2, 0.25) is 0 Å². The SMILES string of the molecule is CC(C)(C)OC(=O)N1CCCC(N=C(N)c2ccc(OCC(ON)C(=O)OC(c3ccccc3)c3ccccc3)cc2)C1. The molecule has 1 amide bonds. The Morgan fingerprint density at radius 3 is 2.12 bits per heavy atom. The molecule has 1 saturated heterocycles. The quantitative estimate of drug-likeness (QED) is 0.150. The maximum atomic E-state index is 13.0. The summed E-state index contributed by atoms with van der Waals surface area (Å²) in [6.45, 7) is 6.46. The number of ether oxygens (including phenoxy) is 3. The van der Waals surface area contributed by atoms with Crippen LogP contribution in [0.3, 0.4) is 0 Å². The Morgan fingerprint density at radius 1 is 0.953 bits per heavy atom. The predicted molar refractivity (Wildman–Crippen MR) is 163 cm³/mol. The van der Waals surface area contributed by atoms with Crippen LogP contribution in [0.25, 0.3) is 0 Å². The van der Waals surface area contributed by atoms with Gasteiger partial charge in [0, 0.05) is 18.7 Å². The van der Waals surface area contributed by atoms with E-state index in [1.807, 2.05) is 81.4 Å². The minimum Gasteiger partial charge on any atom is -0.490 e. The number of carbonyl (C=O) groups excluding carboxylic acids is 2. The molecule has 10 heteroatoms. The van der Waals surface area contributed by atoms with Gasteiger partial charge in [-0.05, 0) is 69.0 Å². The zero-order valence-corrected chi connectivity index (χ0v) is 24.8. The van der Waals surface area contributed by atoms with Crippen LogP contribution >= 0.6 is 0 Å². The van der Waals surface area contributed by atoms with Gasteiger partial charge in [0.25, 0.3) is 0 Å². The lowest BCUT2D eigenvalue weighted by atomic mass is 10.0. The van der Waals surface area contributed by atoms with E-state index in [1.54, 1.807) is 29.2 Å². The fraction of sp³-hybridized carbons (Fsp3) is 0.364. The lowest BCUT2D eigenvalue weighted by Gasteiger charge is -2.32. The molecular weight excluding hydrogens is 548 g/mol. The van der Waals surface area contributed by atoms with Crippen LogP contribution in [0.4, 0.5) is 4.79 Å². The van der Waals surface area contributed by atoms with Crippen molar-refractivity contribution >= 4 is 17.9 Å². The molecule has 4 rings (SSSR count). The summed E-state index contributed by atoms with van der Waals surface area (Å²) >= 11 is 0. The minimum atomic E-state index is -1.15. The van der Waals surface area contributed by atoms with Crippen molar-refractivity contribution in [1.82, 2.24) is 4.90 Å². The first kappa shape index (κ1) is 31.5. The number of nitrogens with zero attached hydrogens (tertiary/aromatic N) is 2. The fourth-order valence-corrected chi connectivity index (χ4v) is 4.66. The van der Waals surface area contributed by atoms with E-state index in [0.717, 1.165) is 24.0 Å².